The van der Waals surface area contributed by atoms with Crippen molar-refractivity contribution in [2.45, 2.75) is 11.7 Å². The number of hydrogen-bond donors (Lipinski definition) is 3. The van der Waals surface area contributed by atoms with Gasteiger partial charge in [-0.05, 0) is 35.7 Å². The number of benzene rings is 1. The molecule has 0 bridgehead atoms. The van der Waals surface area contributed by atoms with E-state index in [-0.39, 0.29) is 10.6 Å². The first-order valence-electron chi connectivity index (χ1n) is 8.88. The lowest BCUT2D eigenvalue weighted by Crippen LogP contribution is -2.62. The first-order valence-corrected chi connectivity index (χ1v) is 9.76. The molecule has 0 aliphatic carbocycles. The third-order valence-corrected chi connectivity index (χ3v) is 5.73. The van der Waals surface area contributed by atoms with Gasteiger partial charge in [0.1, 0.15) is 17.1 Å². The van der Waals surface area contributed by atoms with Crippen LogP contribution in [0.1, 0.15) is 15.2 Å². The van der Waals surface area contributed by atoms with Gasteiger partial charge in [0, 0.05) is 0 Å². The summed E-state index contributed by atoms with van der Waals surface area (Å²) in [5.74, 6) is -3.22. The minimum atomic E-state index is -5.41. The SMILES string of the molecule is COc1ccc(-n2c3c(c(=O)[nH]c2=O)C(NC(=O)c2cccs2)(C(F)(F)F)C(=O)N3)cc1. The summed E-state index contributed by atoms with van der Waals surface area (Å²) in [6, 6.07) is 8.28. The van der Waals surface area contributed by atoms with Crippen LogP contribution in [0.25, 0.3) is 5.69 Å². The Morgan fingerprint density at radius 1 is 1.16 bits per heavy atom. The van der Waals surface area contributed by atoms with E-state index in [1.54, 1.807) is 10.3 Å². The van der Waals surface area contributed by atoms with Crippen LogP contribution in [0.5, 0.6) is 5.75 Å². The normalized spacial score (nSPS) is 17.6. The first kappa shape index (κ1) is 21.4. The number of H-pyrrole nitrogens is 1. The molecule has 13 heteroatoms. The van der Waals surface area contributed by atoms with Crippen molar-refractivity contribution < 1.29 is 27.5 Å². The number of anilines is 1. The minimum Gasteiger partial charge on any atom is -0.497 e. The van der Waals surface area contributed by atoms with Crippen LogP contribution < -0.4 is 26.6 Å². The number of nitrogens with one attached hydrogen (secondary N) is 3. The summed E-state index contributed by atoms with van der Waals surface area (Å²) in [5, 5.41) is 5.11. The van der Waals surface area contributed by atoms with Gasteiger partial charge in [0.2, 0.25) is 0 Å². The first-order chi connectivity index (χ1) is 15.1. The van der Waals surface area contributed by atoms with Gasteiger partial charge in [-0.3, -0.25) is 19.4 Å². The Morgan fingerprint density at radius 2 is 1.84 bits per heavy atom. The fraction of sp³-hybridized carbons (Fsp3) is 0.158. The van der Waals surface area contributed by atoms with E-state index in [9.17, 15) is 32.3 Å². The minimum absolute atomic E-state index is 0.0474. The quantitative estimate of drug-likeness (QED) is 0.541. The van der Waals surface area contributed by atoms with Gasteiger partial charge in [0.05, 0.1) is 17.7 Å². The molecule has 1 aliphatic rings. The number of fused-ring (bicyclic) bond motifs is 1. The number of nitrogens with zero attached hydrogens (tertiary/aromatic N) is 1. The van der Waals surface area contributed by atoms with Crippen LogP contribution in [0, 0.1) is 0 Å². The number of alkyl halides is 3. The average Bonchev–Trinajstić information content (AvgIpc) is 3.36. The van der Waals surface area contributed by atoms with Crippen molar-refractivity contribution >= 4 is 29.0 Å². The molecule has 1 atom stereocenters. The fourth-order valence-corrected chi connectivity index (χ4v) is 4.01. The maximum atomic E-state index is 14.3. The molecule has 0 radical (unpaired) electrons. The summed E-state index contributed by atoms with van der Waals surface area (Å²) in [6.07, 6.45) is -5.41. The molecule has 3 N–H and O–H groups in total. The molecular weight excluding hydrogens is 453 g/mol. The van der Waals surface area contributed by atoms with Gasteiger partial charge >= 0.3 is 11.9 Å². The second-order valence-electron chi connectivity index (χ2n) is 6.65. The van der Waals surface area contributed by atoms with Crippen molar-refractivity contribution in [2.24, 2.45) is 0 Å². The Morgan fingerprint density at radius 3 is 2.41 bits per heavy atom. The van der Waals surface area contributed by atoms with Gasteiger partial charge in [0.25, 0.3) is 22.9 Å². The molecule has 4 rings (SSSR count). The zero-order valence-corrected chi connectivity index (χ0v) is 16.9. The molecule has 3 heterocycles. The van der Waals surface area contributed by atoms with E-state index >= 15 is 0 Å². The molecule has 1 aromatic carbocycles. The van der Waals surface area contributed by atoms with Crippen molar-refractivity contribution in [2.75, 3.05) is 12.4 Å². The van der Waals surface area contributed by atoms with E-state index in [2.05, 4.69) is 0 Å². The molecule has 0 saturated carbocycles. The van der Waals surface area contributed by atoms with Crippen molar-refractivity contribution in [1.82, 2.24) is 14.9 Å². The van der Waals surface area contributed by atoms with Crippen LogP contribution in [0.4, 0.5) is 19.0 Å². The van der Waals surface area contributed by atoms with E-state index in [4.69, 9.17) is 4.74 Å². The summed E-state index contributed by atoms with van der Waals surface area (Å²) in [6.45, 7) is 0. The molecule has 0 fully saturated rings. The maximum absolute atomic E-state index is 14.3. The van der Waals surface area contributed by atoms with Crippen molar-refractivity contribution in [3.63, 3.8) is 0 Å². The predicted octanol–water partition coefficient (Wildman–Crippen LogP) is 1.74. The average molecular weight is 466 g/mol. The summed E-state index contributed by atoms with van der Waals surface area (Å²) in [4.78, 5) is 52.0. The zero-order chi connectivity index (χ0) is 23.3. The van der Waals surface area contributed by atoms with Crippen LogP contribution in [0.3, 0.4) is 0 Å². The maximum Gasteiger partial charge on any atom is 0.425 e. The van der Waals surface area contributed by atoms with E-state index in [0.29, 0.717) is 10.3 Å². The largest absolute Gasteiger partial charge is 0.497 e. The summed E-state index contributed by atoms with van der Waals surface area (Å²) in [7, 11) is 1.40. The summed E-state index contributed by atoms with van der Waals surface area (Å²) < 4.78 is 48.7. The Labute approximate surface area is 180 Å². The van der Waals surface area contributed by atoms with Gasteiger partial charge in [-0.2, -0.15) is 13.2 Å². The van der Waals surface area contributed by atoms with Crippen LogP contribution >= 0.6 is 11.3 Å². The third-order valence-electron chi connectivity index (χ3n) is 4.86. The molecule has 0 saturated heterocycles. The molecule has 166 valence electrons. The molecule has 32 heavy (non-hydrogen) atoms. The number of methoxy groups -OCH3 is 1. The molecule has 1 aliphatic heterocycles. The lowest BCUT2D eigenvalue weighted by Gasteiger charge is -2.29. The number of rotatable bonds is 4. The van der Waals surface area contributed by atoms with Gasteiger partial charge in [0.15, 0.2) is 0 Å². The summed E-state index contributed by atoms with van der Waals surface area (Å²) >= 11 is 0.852. The third kappa shape index (κ3) is 3.09. The molecule has 0 spiro atoms. The number of halogens is 3. The number of amides is 2. The number of aromatic amines is 1. The topological polar surface area (TPSA) is 122 Å². The van der Waals surface area contributed by atoms with Gasteiger partial charge in [-0.25, -0.2) is 9.36 Å². The van der Waals surface area contributed by atoms with Crippen LogP contribution in [0.2, 0.25) is 0 Å². The number of thiophene rings is 1. The van der Waals surface area contributed by atoms with E-state index in [0.717, 1.165) is 11.3 Å². The van der Waals surface area contributed by atoms with Crippen molar-refractivity contribution in [3.05, 3.63) is 73.1 Å². The van der Waals surface area contributed by atoms with E-state index in [1.807, 2.05) is 5.32 Å². The Bertz CT molecular complexity index is 1330. The Kier molecular flexibility index (Phi) is 4.92. The second kappa shape index (κ2) is 7.37. The molecule has 9 nitrogen and oxygen atoms in total. The molecule has 2 aromatic heterocycles. The lowest BCUT2D eigenvalue weighted by molar-refractivity contribution is -0.196. The van der Waals surface area contributed by atoms with Crippen LogP contribution in [-0.2, 0) is 10.3 Å². The number of hydrogen-bond acceptors (Lipinski definition) is 6. The standard InChI is InChI=1S/C19H13F3N4O5S/c1-31-10-6-4-9(5-7-10)26-13-12(15(28)24-17(26)30)18(16(29)23-13,19(20,21)22)25-14(27)11-3-2-8-32-11/h2-8H,1H3,(H,23,29)(H,25,27)(H,24,28,30). The predicted molar refractivity (Wildman–Crippen MR) is 107 cm³/mol. The molecule has 2 amide bonds. The van der Waals surface area contributed by atoms with Crippen molar-refractivity contribution in [3.8, 4) is 11.4 Å². The highest BCUT2D eigenvalue weighted by molar-refractivity contribution is 7.12. The smallest absolute Gasteiger partial charge is 0.425 e. The number of carbonyl (C=O) groups is 2. The summed E-state index contributed by atoms with van der Waals surface area (Å²) in [5.41, 5.74) is -7.35. The highest BCUT2D eigenvalue weighted by Gasteiger charge is 2.68. The number of ether oxygens (including phenoxy) is 1. The Hall–Kier alpha value is -3.87. The van der Waals surface area contributed by atoms with Crippen molar-refractivity contribution in [1.29, 1.82) is 0 Å². The van der Waals surface area contributed by atoms with Gasteiger partial charge < -0.3 is 15.4 Å². The monoisotopic (exact) mass is 466 g/mol. The molecule has 1 unspecified atom stereocenters. The van der Waals surface area contributed by atoms with Crippen LogP contribution in [0.15, 0.2) is 51.4 Å². The van der Waals surface area contributed by atoms with E-state index in [1.165, 1.54) is 48.9 Å². The Balaban J connectivity index is 1.97. The molecular formula is C19H13F3N4O5S. The molecule has 3 aromatic rings. The van der Waals surface area contributed by atoms with Crippen LogP contribution in [-0.4, -0.2) is 34.7 Å². The highest BCUT2D eigenvalue weighted by atomic mass is 32.1. The highest BCUT2D eigenvalue weighted by Crippen LogP contribution is 2.45. The zero-order valence-electron chi connectivity index (χ0n) is 16.1. The second-order valence-corrected chi connectivity index (χ2v) is 7.60. The number of aromatic nitrogens is 2. The fourth-order valence-electron chi connectivity index (χ4n) is 3.40. The van der Waals surface area contributed by atoms with E-state index < -0.39 is 46.2 Å². The number of carbonyl (C=O) groups excluding carboxylic acids is 2. The van der Waals surface area contributed by atoms with Gasteiger partial charge in [-0.1, -0.05) is 6.07 Å². The van der Waals surface area contributed by atoms with Gasteiger partial charge in [-0.15, -0.1) is 11.3 Å². The lowest BCUT2D eigenvalue weighted by atomic mass is 9.91.